The summed E-state index contributed by atoms with van der Waals surface area (Å²) >= 11 is 18.8. The molecule has 25 heavy (non-hydrogen) atoms. The van der Waals surface area contributed by atoms with E-state index in [0.717, 1.165) is 0 Å². The molecule has 2 rings (SSSR count). The molecule has 2 N–H and O–H groups in total. The molecule has 2 atom stereocenters. The van der Waals surface area contributed by atoms with Crippen LogP contribution >= 0.6 is 24.4 Å². The van der Waals surface area contributed by atoms with Crippen LogP contribution in [-0.4, -0.2) is 82.6 Å². The Balaban J connectivity index is 0.000000443. The number of hydrogen-bond donors (Lipinski definition) is 2. The average molecular weight is 473 g/mol. The standard InChI is InChI=1S/2C6H11NO2S3.Mg/c2*1-6(7-5(10)11)2-3-12(8,9)4-6;/h2*2-4H2,1H3,(H2,7,10,11);/q;;+2/p-2. The molecule has 0 aliphatic carbocycles. The number of rotatable bonds is 2. The fourth-order valence-electron chi connectivity index (χ4n) is 2.71. The van der Waals surface area contributed by atoms with E-state index < -0.39 is 30.8 Å². The molecular formula is C12H20MgN2O4S6. The van der Waals surface area contributed by atoms with Gasteiger partial charge in [-0.2, -0.15) is 0 Å². The minimum Gasteiger partial charge on any atom is -0.412 e. The molecule has 0 radical (unpaired) electrons. The maximum Gasteiger partial charge on any atom is 2.00 e. The van der Waals surface area contributed by atoms with Gasteiger partial charge in [0.2, 0.25) is 0 Å². The minimum atomic E-state index is -2.87. The summed E-state index contributed by atoms with van der Waals surface area (Å²) in [6.45, 7) is 3.66. The topological polar surface area (TPSA) is 92.3 Å². The molecule has 0 aromatic heterocycles. The third-order valence-electron chi connectivity index (χ3n) is 3.81. The minimum absolute atomic E-state index is 0. The molecule has 2 aliphatic rings. The number of thiocarbonyl (C=S) groups is 2. The van der Waals surface area contributed by atoms with Gasteiger partial charge < -0.3 is 60.3 Å². The molecule has 2 heterocycles. The molecule has 2 aliphatic heterocycles. The maximum absolute atomic E-state index is 11.1. The summed E-state index contributed by atoms with van der Waals surface area (Å²) in [5, 5.41) is 5.68. The molecule has 140 valence electrons. The van der Waals surface area contributed by atoms with Gasteiger partial charge in [0.15, 0.2) is 19.7 Å². The Hall–Kier alpha value is 0.886. The van der Waals surface area contributed by atoms with Crippen molar-refractivity contribution in [3.8, 4) is 0 Å². The molecule has 2 fully saturated rings. The average Bonchev–Trinajstić information content (AvgIpc) is 2.73. The van der Waals surface area contributed by atoms with Crippen LogP contribution in [0.3, 0.4) is 0 Å². The van der Waals surface area contributed by atoms with E-state index in [1.54, 1.807) is 0 Å². The van der Waals surface area contributed by atoms with Gasteiger partial charge >= 0.3 is 23.1 Å². The first-order valence-electron chi connectivity index (χ1n) is 7.05. The van der Waals surface area contributed by atoms with Crippen molar-refractivity contribution in [3.63, 3.8) is 0 Å². The molecule has 0 saturated carbocycles. The van der Waals surface area contributed by atoms with E-state index in [1.807, 2.05) is 13.8 Å². The van der Waals surface area contributed by atoms with E-state index in [9.17, 15) is 16.8 Å². The molecular weight excluding hydrogens is 453 g/mol. The molecule has 0 aromatic carbocycles. The molecule has 6 nitrogen and oxygen atoms in total. The van der Waals surface area contributed by atoms with Crippen molar-refractivity contribution < 1.29 is 16.8 Å². The number of hydrogen-bond acceptors (Lipinski definition) is 8. The Morgan fingerprint density at radius 2 is 1.12 bits per heavy atom. The van der Waals surface area contributed by atoms with Crippen LogP contribution < -0.4 is 10.6 Å². The van der Waals surface area contributed by atoms with Gasteiger partial charge in [-0.15, -0.1) is 0 Å². The van der Waals surface area contributed by atoms with Crippen LogP contribution in [0.2, 0.25) is 0 Å². The van der Waals surface area contributed by atoms with Gasteiger partial charge in [0, 0.05) is 11.1 Å². The first-order valence-corrected chi connectivity index (χ1v) is 12.3. The molecule has 0 bridgehead atoms. The number of sulfone groups is 2. The molecule has 0 aromatic rings. The van der Waals surface area contributed by atoms with E-state index >= 15 is 0 Å². The Morgan fingerprint density at radius 1 is 0.840 bits per heavy atom. The van der Waals surface area contributed by atoms with Gasteiger partial charge in [-0.25, -0.2) is 16.8 Å². The molecule has 0 amide bonds. The summed E-state index contributed by atoms with van der Waals surface area (Å²) < 4.78 is 44.9. The van der Waals surface area contributed by atoms with Crippen LogP contribution in [0.4, 0.5) is 0 Å². The fourth-order valence-corrected chi connectivity index (χ4v) is 7.88. The zero-order chi connectivity index (χ0) is 18.8. The smallest absolute Gasteiger partial charge is 0.412 e. The van der Waals surface area contributed by atoms with Gasteiger partial charge in [0.1, 0.15) is 0 Å². The normalized spacial score (nSPS) is 31.8. The molecule has 2 unspecified atom stereocenters. The molecule has 2 saturated heterocycles. The van der Waals surface area contributed by atoms with Gasteiger partial charge in [0.25, 0.3) is 0 Å². The Morgan fingerprint density at radius 3 is 1.28 bits per heavy atom. The van der Waals surface area contributed by atoms with E-state index in [0.29, 0.717) is 12.8 Å². The second kappa shape index (κ2) is 9.39. The fraction of sp³-hybridized carbons (Fsp3) is 0.833. The summed E-state index contributed by atoms with van der Waals surface area (Å²) in [5.74, 6) is 0.733. The first-order chi connectivity index (χ1) is 10.7. The van der Waals surface area contributed by atoms with Crippen molar-refractivity contribution in [2.24, 2.45) is 0 Å². The zero-order valence-electron chi connectivity index (χ0n) is 14.0. The van der Waals surface area contributed by atoms with E-state index in [2.05, 4.69) is 60.3 Å². The Labute approximate surface area is 187 Å². The summed E-state index contributed by atoms with van der Waals surface area (Å²) in [5.41, 5.74) is -0.866. The van der Waals surface area contributed by atoms with Crippen molar-refractivity contribution in [1.29, 1.82) is 0 Å². The van der Waals surface area contributed by atoms with Crippen molar-refractivity contribution in [1.82, 2.24) is 10.6 Å². The Kier molecular flexibility index (Phi) is 9.72. The van der Waals surface area contributed by atoms with E-state index in [-0.39, 0.29) is 54.7 Å². The van der Waals surface area contributed by atoms with Crippen LogP contribution in [0.5, 0.6) is 0 Å². The van der Waals surface area contributed by atoms with Crippen LogP contribution in [0.1, 0.15) is 26.7 Å². The largest absolute Gasteiger partial charge is 2.00 e. The van der Waals surface area contributed by atoms with Gasteiger partial charge in [-0.05, 0) is 26.7 Å². The van der Waals surface area contributed by atoms with Gasteiger partial charge in [-0.3, -0.25) is 0 Å². The summed E-state index contributed by atoms with van der Waals surface area (Å²) in [4.78, 5) is 0. The monoisotopic (exact) mass is 472 g/mol. The molecule has 13 heteroatoms. The predicted octanol–water partition coefficient (Wildman–Crippen LogP) is -0.411. The second-order valence-electron chi connectivity index (χ2n) is 6.63. The van der Waals surface area contributed by atoms with Crippen LogP contribution in [0.15, 0.2) is 0 Å². The zero-order valence-corrected chi connectivity index (χ0v) is 20.3. The van der Waals surface area contributed by atoms with Crippen molar-refractivity contribution in [3.05, 3.63) is 0 Å². The van der Waals surface area contributed by atoms with Crippen molar-refractivity contribution in [2.45, 2.75) is 37.8 Å². The predicted molar refractivity (Wildman–Crippen MR) is 115 cm³/mol. The molecule has 0 spiro atoms. The van der Waals surface area contributed by atoms with Crippen molar-refractivity contribution >= 4 is 101 Å². The Bertz CT molecular complexity index is 664. The van der Waals surface area contributed by atoms with Crippen LogP contribution in [0.25, 0.3) is 0 Å². The van der Waals surface area contributed by atoms with Crippen molar-refractivity contribution in [2.75, 3.05) is 23.0 Å². The maximum atomic E-state index is 11.1. The van der Waals surface area contributed by atoms with Gasteiger partial charge in [-0.1, -0.05) is 8.64 Å². The number of nitrogens with one attached hydrogen (secondary N) is 2. The third-order valence-corrected chi connectivity index (χ3v) is 8.03. The SMILES string of the molecule is CC1(NC(=S)[S-])CCS(=O)(=O)C1.CC1(NC(=S)[S-])CCS(=O)(=O)C1.[Mg+2]. The summed E-state index contributed by atoms with van der Waals surface area (Å²) in [6, 6.07) is 0. The summed E-state index contributed by atoms with van der Waals surface area (Å²) in [7, 11) is -5.74. The van der Waals surface area contributed by atoms with Gasteiger partial charge in [0.05, 0.1) is 23.0 Å². The van der Waals surface area contributed by atoms with E-state index in [4.69, 9.17) is 0 Å². The van der Waals surface area contributed by atoms with Crippen LogP contribution in [0, 0.1) is 0 Å². The third kappa shape index (κ3) is 9.58. The van der Waals surface area contributed by atoms with E-state index in [1.165, 1.54) is 0 Å². The summed E-state index contributed by atoms with van der Waals surface area (Å²) in [6.07, 6.45) is 1.18. The first kappa shape index (κ1) is 25.9. The van der Waals surface area contributed by atoms with Crippen LogP contribution in [-0.2, 0) is 44.9 Å². The quantitative estimate of drug-likeness (QED) is 0.314. The second-order valence-corrected chi connectivity index (χ2v) is 13.1.